The molecule has 0 spiro atoms. The fraction of sp³-hybridized carbons (Fsp3) is 0.927. The van der Waals surface area contributed by atoms with E-state index in [4.69, 9.17) is 4.74 Å². The summed E-state index contributed by atoms with van der Waals surface area (Å²) in [6.07, 6.45) is 32.5. The van der Waals surface area contributed by atoms with Crippen LogP contribution in [-0.4, -0.2) is 12.1 Å². The zero-order valence-corrected chi connectivity index (χ0v) is 29.7. The average molecular weight is 597 g/mol. The lowest BCUT2D eigenvalue weighted by molar-refractivity contribution is -0.151. The highest BCUT2D eigenvalue weighted by atomic mass is 16.5. The van der Waals surface area contributed by atoms with Crippen LogP contribution < -0.4 is 0 Å². The summed E-state index contributed by atoms with van der Waals surface area (Å²) in [5.74, 6) is 5.34. The Balaban J connectivity index is 1.19. The van der Waals surface area contributed by atoms with Crippen molar-refractivity contribution in [2.45, 2.75) is 195 Å². The molecule has 3 saturated carbocycles. The molecule has 4 rings (SSSR count). The summed E-state index contributed by atoms with van der Waals surface area (Å²) in [7, 11) is 0. The van der Waals surface area contributed by atoms with Crippen molar-refractivity contribution >= 4 is 5.97 Å². The van der Waals surface area contributed by atoms with Gasteiger partial charge in [0, 0.05) is 12.8 Å². The van der Waals surface area contributed by atoms with Gasteiger partial charge in [0.05, 0.1) is 0 Å². The van der Waals surface area contributed by atoms with Gasteiger partial charge in [-0.15, -0.1) is 0 Å². The zero-order chi connectivity index (χ0) is 30.9. The SMILES string of the molecule is CCCCCCCCCCCCCC(=O)O[C@@H]1CC[C@@]2(C)C(=CC[C@@H]3[C@H]2CC[C@]2(C)[C@@H]([C@H](C)CCCC(C)C)CC[C@@H]32)C1. The van der Waals surface area contributed by atoms with Gasteiger partial charge in [-0.05, 0) is 97.7 Å². The molecule has 4 aliphatic carbocycles. The van der Waals surface area contributed by atoms with Crippen molar-refractivity contribution in [3.63, 3.8) is 0 Å². The van der Waals surface area contributed by atoms with Gasteiger partial charge in [-0.25, -0.2) is 0 Å². The molecule has 43 heavy (non-hydrogen) atoms. The second kappa shape index (κ2) is 16.7. The van der Waals surface area contributed by atoms with Crippen LogP contribution in [0, 0.1) is 46.3 Å². The van der Waals surface area contributed by atoms with Gasteiger partial charge in [-0.3, -0.25) is 4.79 Å². The number of hydrogen-bond acceptors (Lipinski definition) is 2. The number of hydrogen-bond donors (Lipinski definition) is 0. The van der Waals surface area contributed by atoms with Gasteiger partial charge < -0.3 is 4.74 Å². The van der Waals surface area contributed by atoms with Crippen molar-refractivity contribution in [1.29, 1.82) is 0 Å². The van der Waals surface area contributed by atoms with Crippen LogP contribution in [0.15, 0.2) is 11.6 Å². The van der Waals surface area contributed by atoms with E-state index in [1.807, 2.05) is 0 Å². The van der Waals surface area contributed by atoms with Crippen LogP contribution in [0.2, 0.25) is 0 Å². The van der Waals surface area contributed by atoms with E-state index in [-0.39, 0.29) is 12.1 Å². The number of carbonyl (C=O) groups is 1. The van der Waals surface area contributed by atoms with Crippen LogP contribution in [0.25, 0.3) is 0 Å². The highest BCUT2D eigenvalue weighted by Crippen LogP contribution is 2.67. The summed E-state index contributed by atoms with van der Waals surface area (Å²) in [4.78, 5) is 12.7. The van der Waals surface area contributed by atoms with E-state index in [0.29, 0.717) is 17.3 Å². The van der Waals surface area contributed by atoms with Gasteiger partial charge in [0.2, 0.25) is 0 Å². The van der Waals surface area contributed by atoms with E-state index in [2.05, 4.69) is 47.6 Å². The minimum absolute atomic E-state index is 0.0618. The second-order valence-electron chi connectivity index (χ2n) is 16.9. The normalized spacial score (nSPS) is 34.3. The fourth-order valence-corrected chi connectivity index (χ4v) is 10.9. The predicted octanol–water partition coefficient (Wildman–Crippen LogP) is 12.6. The van der Waals surface area contributed by atoms with Gasteiger partial charge in [-0.1, -0.05) is 137 Å². The molecular formula is C41H72O2. The summed E-state index contributed by atoms with van der Waals surface area (Å²) in [6, 6.07) is 0. The highest BCUT2D eigenvalue weighted by Gasteiger charge is 2.59. The molecule has 248 valence electrons. The molecule has 0 saturated heterocycles. The highest BCUT2D eigenvalue weighted by molar-refractivity contribution is 5.69. The third-order valence-corrected chi connectivity index (χ3v) is 13.5. The lowest BCUT2D eigenvalue weighted by Crippen LogP contribution is -2.51. The van der Waals surface area contributed by atoms with E-state index in [1.54, 1.807) is 5.57 Å². The monoisotopic (exact) mass is 597 g/mol. The molecule has 2 heteroatoms. The number of rotatable bonds is 18. The second-order valence-corrected chi connectivity index (χ2v) is 16.9. The number of esters is 1. The van der Waals surface area contributed by atoms with Crippen LogP contribution in [0.1, 0.15) is 189 Å². The molecule has 0 radical (unpaired) electrons. The topological polar surface area (TPSA) is 26.3 Å². The van der Waals surface area contributed by atoms with Crippen LogP contribution in [0.3, 0.4) is 0 Å². The van der Waals surface area contributed by atoms with E-state index in [0.717, 1.165) is 54.8 Å². The molecular weight excluding hydrogens is 524 g/mol. The molecule has 2 nitrogen and oxygen atoms in total. The van der Waals surface area contributed by atoms with Crippen LogP contribution in [-0.2, 0) is 9.53 Å². The van der Waals surface area contributed by atoms with Crippen LogP contribution >= 0.6 is 0 Å². The Morgan fingerprint density at radius 1 is 0.814 bits per heavy atom. The van der Waals surface area contributed by atoms with E-state index in [1.165, 1.54) is 122 Å². The molecule has 0 amide bonds. The first-order chi connectivity index (χ1) is 20.7. The Bertz CT molecular complexity index is 873. The maximum atomic E-state index is 12.7. The van der Waals surface area contributed by atoms with Crippen molar-refractivity contribution in [1.82, 2.24) is 0 Å². The van der Waals surface area contributed by atoms with E-state index >= 15 is 0 Å². The van der Waals surface area contributed by atoms with Gasteiger partial charge in [0.25, 0.3) is 0 Å². The van der Waals surface area contributed by atoms with Crippen molar-refractivity contribution in [2.75, 3.05) is 0 Å². The third kappa shape index (κ3) is 8.93. The Hall–Kier alpha value is -0.790. The molecule has 4 aliphatic rings. The van der Waals surface area contributed by atoms with Crippen LogP contribution in [0.5, 0.6) is 0 Å². The third-order valence-electron chi connectivity index (χ3n) is 13.5. The summed E-state index contributed by atoms with van der Waals surface area (Å²) >= 11 is 0. The maximum absolute atomic E-state index is 12.7. The number of ether oxygens (including phenoxy) is 1. The van der Waals surface area contributed by atoms with Crippen molar-refractivity contribution in [3.05, 3.63) is 11.6 Å². The largest absolute Gasteiger partial charge is 0.462 e. The Labute approximate surface area is 268 Å². The van der Waals surface area contributed by atoms with Gasteiger partial charge in [0.1, 0.15) is 6.10 Å². The first-order valence-electron chi connectivity index (χ1n) is 19.6. The first kappa shape index (κ1) is 35.1. The smallest absolute Gasteiger partial charge is 0.306 e. The Kier molecular flexibility index (Phi) is 13.6. The molecule has 0 aromatic carbocycles. The standard InChI is InChI=1S/C41H72O2/c1-7-8-9-10-11-12-13-14-15-16-17-21-39(42)43-34-26-28-40(5)33(30-34)22-23-35-37-25-24-36(32(4)20-18-19-31(2)3)41(37,6)29-27-38(35)40/h22,31-32,34-38H,7-21,23-30H2,1-6H3/t32-,34-,35+,36-,37+,38-,40+,41-/m1/s1. The minimum atomic E-state index is 0.0618. The van der Waals surface area contributed by atoms with Crippen LogP contribution in [0.4, 0.5) is 0 Å². The molecule has 0 heterocycles. The fourth-order valence-electron chi connectivity index (χ4n) is 10.9. The summed E-state index contributed by atoms with van der Waals surface area (Å²) < 4.78 is 6.11. The molecule has 8 atom stereocenters. The Morgan fingerprint density at radius 3 is 2.16 bits per heavy atom. The lowest BCUT2D eigenvalue weighted by atomic mass is 9.47. The van der Waals surface area contributed by atoms with E-state index < -0.39 is 0 Å². The molecule has 0 bridgehead atoms. The lowest BCUT2D eigenvalue weighted by Gasteiger charge is -2.58. The first-order valence-corrected chi connectivity index (χ1v) is 19.6. The number of unbranched alkanes of at least 4 members (excludes halogenated alkanes) is 10. The Morgan fingerprint density at radius 2 is 1.49 bits per heavy atom. The maximum Gasteiger partial charge on any atom is 0.306 e. The molecule has 0 unspecified atom stereocenters. The number of carbonyl (C=O) groups excluding carboxylic acids is 1. The molecule has 0 aromatic heterocycles. The van der Waals surface area contributed by atoms with Gasteiger partial charge in [0.15, 0.2) is 0 Å². The zero-order valence-electron chi connectivity index (χ0n) is 29.7. The summed E-state index contributed by atoms with van der Waals surface area (Å²) in [5.41, 5.74) is 2.54. The van der Waals surface area contributed by atoms with Gasteiger partial charge in [-0.2, -0.15) is 0 Å². The summed E-state index contributed by atoms with van der Waals surface area (Å²) in [6.45, 7) is 14.9. The number of fused-ring (bicyclic) bond motifs is 5. The molecule has 3 fully saturated rings. The van der Waals surface area contributed by atoms with Crippen molar-refractivity contribution < 1.29 is 9.53 Å². The van der Waals surface area contributed by atoms with Crippen molar-refractivity contribution in [3.8, 4) is 0 Å². The molecule has 0 aromatic rings. The predicted molar refractivity (Wildman–Crippen MR) is 184 cm³/mol. The van der Waals surface area contributed by atoms with Gasteiger partial charge >= 0.3 is 5.97 Å². The molecule has 0 aliphatic heterocycles. The average Bonchev–Trinajstić information content (AvgIpc) is 3.33. The summed E-state index contributed by atoms with van der Waals surface area (Å²) in [5, 5.41) is 0. The van der Waals surface area contributed by atoms with Crippen molar-refractivity contribution in [2.24, 2.45) is 46.3 Å². The molecule has 0 N–H and O–H groups in total. The quantitative estimate of drug-likeness (QED) is 0.0893. The number of allylic oxidation sites excluding steroid dienone is 1. The minimum Gasteiger partial charge on any atom is -0.462 e. The van der Waals surface area contributed by atoms with E-state index in [9.17, 15) is 4.79 Å².